The fraction of sp³-hybridized carbons (Fsp3) is 0.400. The lowest BCUT2D eigenvalue weighted by Crippen LogP contribution is -2.44. The minimum absolute atomic E-state index is 0.0166. The molecule has 0 bridgehead atoms. The second-order valence-corrected chi connectivity index (χ2v) is 9.07. The van der Waals surface area contributed by atoms with Gasteiger partial charge in [0.2, 0.25) is 0 Å². The number of aliphatic hydroxyl groups excluding tert-OH is 1. The topological polar surface area (TPSA) is 105 Å². The summed E-state index contributed by atoms with van der Waals surface area (Å²) in [6, 6.07) is 5.40. The number of aromatic nitrogens is 2. The maximum Gasteiger partial charge on any atom is 0.407 e. The molecule has 0 aliphatic heterocycles. The second-order valence-electron chi connectivity index (χ2n) is 7.22. The van der Waals surface area contributed by atoms with Crippen LogP contribution in [0.2, 0.25) is 0 Å². The Labute approximate surface area is 182 Å². The number of nitrogens with zero attached hydrogens (tertiary/aromatic N) is 3. The summed E-state index contributed by atoms with van der Waals surface area (Å²) < 4.78 is 6.02. The highest BCUT2D eigenvalue weighted by Crippen LogP contribution is 2.20. The summed E-state index contributed by atoms with van der Waals surface area (Å²) in [6.07, 6.45) is 0.0850. The molecule has 8 nitrogen and oxygen atoms in total. The summed E-state index contributed by atoms with van der Waals surface area (Å²) in [5, 5.41) is 12.9. The first-order valence-corrected chi connectivity index (χ1v) is 11.3. The average Bonchev–Trinajstić information content (AvgIpc) is 3.40. The predicted octanol–water partition coefficient (Wildman–Crippen LogP) is 3.14. The van der Waals surface area contributed by atoms with Crippen molar-refractivity contribution in [3.05, 3.63) is 45.9 Å². The van der Waals surface area contributed by atoms with Gasteiger partial charge in [-0.15, -0.1) is 22.7 Å². The van der Waals surface area contributed by atoms with Crippen LogP contribution in [-0.4, -0.2) is 57.7 Å². The van der Waals surface area contributed by atoms with Crippen molar-refractivity contribution in [1.82, 2.24) is 20.2 Å². The molecular weight excluding hydrogens is 424 g/mol. The lowest BCUT2D eigenvalue weighted by Gasteiger charge is -2.27. The lowest BCUT2D eigenvalue weighted by atomic mass is 10.1. The minimum Gasteiger partial charge on any atom is -0.444 e. The van der Waals surface area contributed by atoms with Crippen molar-refractivity contribution in [3.63, 3.8) is 0 Å². The highest BCUT2D eigenvalue weighted by Gasteiger charge is 2.21. The van der Waals surface area contributed by atoms with E-state index in [1.807, 2.05) is 26.0 Å². The highest BCUT2D eigenvalue weighted by molar-refractivity contribution is 7.16. The molecule has 0 aliphatic rings. The zero-order valence-corrected chi connectivity index (χ0v) is 18.4. The number of ether oxygens (including phenoxy) is 1. The number of amides is 2. The van der Waals surface area contributed by atoms with Crippen LogP contribution < -0.4 is 5.32 Å². The number of aliphatic hydroxyl groups is 1. The Balaban J connectivity index is 1.55. The quantitative estimate of drug-likeness (QED) is 0.521. The van der Waals surface area contributed by atoms with Gasteiger partial charge in [-0.1, -0.05) is 13.8 Å². The molecule has 3 rings (SSSR count). The standard InChI is InChI=1S/C20H24N4O4S2/c1-13(2)8-24(19(26)14-3-4-17-18(5-14)30-12-23-17)9-15(25)6-22-20(27)28-10-16-7-21-11-29-16/h3-5,7,11-13,15,25H,6,8-10H2,1-2H3,(H,22,27)/t15-/m0/s1. The number of alkyl carbamates (subject to hydrolysis) is 1. The molecule has 30 heavy (non-hydrogen) atoms. The van der Waals surface area contributed by atoms with Gasteiger partial charge in [-0.25, -0.2) is 9.78 Å². The number of thiazole rings is 2. The minimum atomic E-state index is -0.921. The molecule has 0 saturated carbocycles. The van der Waals surface area contributed by atoms with Crippen molar-refractivity contribution >= 4 is 44.9 Å². The SMILES string of the molecule is CC(C)CN(C[C@@H](O)CNC(=O)OCc1cncs1)C(=O)c1ccc2ncsc2c1. The monoisotopic (exact) mass is 448 g/mol. The molecule has 3 aromatic rings. The number of hydrogen-bond donors (Lipinski definition) is 2. The van der Waals surface area contributed by atoms with E-state index in [9.17, 15) is 14.7 Å². The van der Waals surface area contributed by atoms with Crippen molar-refractivity contribution in [2.45, 2.75) is 26.6 Å². The van der Waals surface area contributed by atoms with Crippen LogP contribution in [0.3, 0.4) is 0 Å². The predicted molar refractivity (Wildman–Crippen MR) is 117 cm³/mol. The Bertz CT molecular complexity index is 974. The van der Waals surface area contributed by atoms with Gasteiger partial charge in [-0.05, 0) is 24.1 Å². The van der Waals surface area contributed by atoms with E-state index in [4.69, 9.17) is 4.74 Å². The molecule has 0 unspecified atom stereocenters. The number of carbonyl (C=O) groups is 2. The van der Waals surface area contributed by atoms with Crippen molar-refractivity contribution in [2.75, 3.05) is 19.6 Å². The van der Waals surface area contributed by atoms with Gasteiger partial charge in [-0.2, -0.15) is 0 Å². The molecule has 0 saturated heterocycles. The molecule has 0 spiro atoms. The van der Waals surface area contributed by atoms with Gasteiger partial charge in [0, 0.05) is 31.4 Å². The van der Waals surface area contributed by atoms with E-state index in [1.165, 1.54) is 22.7 Å². The van der Waals surface area contributed by atoms with Crippen LogP contribution in [0, 0.1) is 5.92 Å². The molecule has 2 amide bonds. The summed E-state index contributed by atoms with van der Waals surface area (Å²) in [5.41, 5.74) is 4.81. The summed E-state index contributed by atoms with van der Waals surface area (Å²) in [7, 11) is 0. The summed E-state index contributed by atoms with van der Waals surface area (Å²) in [5.74, 6) is 0.0661. The molecule has 1 atom stereocenters. The van der Waals surface area contributed by atoms with Crippen molar-refractivity contribution in [2.24, 2.45) is 5.92 Å². The Morgan fingerprint density at radius 3 is 2.80 bits per heavy atom. The number of carbonyl (C=O) groups excluding carboxylic acids is 2. The first-order chi connectivity index (χ1) is 14.4. The third-order valence-electron chi connectivity index (χ3n) is 4.19. The van der Waals surface area contributed by atoms with Gasteiger partial charge >= 0.3 is 6.09 Å². The average molecular weight is 449 g/mol. The van der Waals surface area contributed by atoms with Gasteiger partial charge in [0.05, 0.1) is 32.2 Å². The van der Waals surface area contributed by atoms with Crippen LogP contribution in [0.25, 0.3) is 10.2 Å². The maximum absolute atomic E-state index is 13.0. The zero-order valence-electron chi connectivity index (χ0n) is 16.8. The van der Waals surface area contributed by atoms with E-state index in [0.717, 1.165) is 15.1 Å². The molecule has 0 fully saturated rings. The molecule has 160 valence electrons. The fourth-order valence-electron chi connectivity index (χ4n) is 2.87. The maximum atomic E-state index is 13.0. The highest BCUT2D eigenvalue weighted by atomic mass is 32.1. The van der Waals surface area contributed by atoms with Crippen molar-refractivity contribution < 1.29 is 19.4 Å². The molecule has 1 aromatic carbocycles. The first kappa shape index (κ1) is 22.1. The molecule has 2 aromatic heterocycles. The smallest absolute Gasteiger partial charge is 0.407 e. The normalized spacial score (nSPS) is 12.1. The fourth-order valence-corrected chi connectivity index (χ4v) is 4.10. The number of hydrogen-bond acceptors (Lipinski definition) is 8. The number of rotatable bonds is 9. The van der Waals surface area contributed by atoms with E-state index < -0.39 is 12.2 Å². The first-order valence-electron chi connectivity index (χ1n) is 9.51. The largest absolute Gasteiger partial charge is 0.444 e. The Hall–Kier alpha value is -2.56. The summed E-state index contributed by atoms with van der Waals surface area (Å²) in [6.45, 7) is 4.73. The van der Waals surface area contributed by atoms with Gasteiger partial charge in [0.1, 0.15) is 6.61 Å². The van der Waals surface area contributed by atoms with Crippen LogP contribution in [0.15, 0.2) is 35.4 Å². The van der Waals surface area contributed by atoms with Gasteiger partial charge in [0.25, 0.3) is 5.91 Å². The zero-order chi connectivity index (χ0) is 21.5. The molecule has 2 N–H and O–H groups in total. The molecule has 0 radical (unpaired) electrons. The van der Waals surface area contributed by atoms with E-state index >= 15 is 0 Å². The third kappa shape index (κ3) is 6.22. The Morgan fingerprint density at radius 1 is 1.23 bits per heavy atom. The molecular formula is C20H24N4O4S2. The molecule has 10 heteroatoms. The number of benzene rings is 1. The van der Waals surface area contributed by atoms with E-state index in [-0.39, 0.29) is 31.5 Å². The van der Waals surface area contributed by atoms with Gasteiger partial charge in [-0.3, -0.25) is 9.78 Å². The van der Waals surface area contributed by atoms with Crippen LogP contribution in [0.1, 0.15) is 29.1 Å². The van der Waals surface area contributed by atoms with Gasteiger partial charge < -0.3 is 20.1 Å². The van der Waals surface area contributed by atoms with Crippen LogP contribution >= 0.6 is 22.7 Å². The van der Waals surface area contributed by atoms with Gasteiger partial charge in [0.15, 0.2) is 0 Å². The Kier molecular flexibility index (Phi) is 7.72. The van der Waals surface area contributed by atoms with E-state index in [0.29, 0.717) is 12.1 Å². The third-order valence-corrected chi connectivity index (χ3v) is 5.74. The van der Waals surface area contributed by atoms with E-state index in [1.54, 1.807) is 28.2 Å². The van der Waals surface area contributed by atoms with Crippen LogP contribution in [0.4, 0.5) is 4.79 Å². The number of nitrogens with one attached hydrogen (secondary N) is 1. The van der Waals surface area contributed by atoms with Crippen molar-refractivity contribution in [1.29, 1.82) is 0 Å². The van der Waals surface area contributed by atoms with Crippen LogP contribution in [0.5, 0.6) is 0 Å². The lowest BCUT2D eigenvalue weighted by molar-refractivity contribution is 0.0590. The summed E-state index contributed by atoms with van der Waals surface area (Å²) >= 11 is 2.87. The van der Waals surface area contributed by atoms with Crippen LogP contribution in [-0.2, 0) is 11.3 Å². The summed E-state index contributed by atoms with van der Waals surface area (Å²) in [4.78, 5) is 35.4. The van der Waals surface area contributed by atoms with E-state index in [2.05, 4.69) is 15.3 Å². The van der Waals surface area contributed by atoms with Crippen molar-refractivity contribution in [3.8, 4) is 0 Å². The molecule has 2 heterocycles. The molecule has 0 aliphatic carbocycles. The second kappa shape index (κ2) is 10.5. The number of fused-ring (bicyclic) bond motifs is 1. The Morgan fingerprint density at radius 2 is 2.07 bits per heavy atom.